The summed E-state index contributed by atoms with van der Waals surface area (Å²) in [7, 11) is -3.81. The smallest absolute Gasteiger partial charge is 0.261 e. The first-order valence-electron chi connectivity index (χ1n) is 9.30. The van der Waals surface area contributed by atoms with E-state index < -0.39 is 10.0 Å². The number of benzene rings is 3. The molecule has 3 rings (SSSR count). The van der Waals surface area contributed by atoms with Gasteiger partial charge in [0.25, 0.3) is 15.9 Å². The highest BCUT2D eigenvalue weighted by Gasteiger charge is 2.16. The minimum atomic E-state index is -3.81. The Labute approximate surface area is 180 Å². The van der Waals surface area contributed by atoms with Gasteiger partial charge in [-0.15, -0.1) is 0 Å². The Morgan fingerprint density at radius 1 is 0.967 bits per heavy atom. The summed E-state index contributed by atoms with van der Waals surface area (Å²) in [5.74, 6) is 0.399. The molecule has 0 aromatic heterocycles. The molecule has 0 aliphatic heterocycles. The van der Waals surface area contributed by atoms with Gasteiger partial charge in [-0.2, -0.15) is 0 Å². The number of nitrogens with one attached hydrogen (secondary N) is 2. The van der Waals surface area contributed by atoms with Crippen molar-refractivity contribution in [2.75, 3.05) is 16.6 Å². The van der Waals surface area contributed by atoms with Crippen molar-refractivity contribution in [3.63, 3.8) is 0 Å². The van der Waals surface area contributed by atoms with Crippen molar-refractivity contribution in [3.05, 3.63) is 83.4 Å². The molecule has 2 N–H and O–H groups in total. The Bertz CT molecular complexity index is 1110. The van der Waals surface area contributed by atoms with Gasteiger partial charge in [0.1, 0.15) is 5.75 Å². The van der Waals surface area contributed by atoms with E-state index in [2.05, 4.69) is 10.0 Å². The van der Waals surface area contributed by atoms with Gasteiger partial charge in [0, 0.05) is 11.3 Å². The summed E-state index contributed by atoms with van der Waals surface area (Å²) in [5.41, 5.74) is 1.24. The van der Waals surface area contributed by atoms with Crippen molar-refractivity contribution in [2.45, 2.75) is 18.2 Å². The van der Waals surface area contributed by atoms with Gasteiger partial charge in [0.2, 0.25) is 0 Å². The Morgan fingerprint density at radius 2 is 1.63 bits per heavy atom. The summed E-state index contributed by atoms with van der Waals surface area (Å²) in [6.07, 6.45) is 0.905. The highest BCUT2D eigenvalue weighted by molar-refractivity contribution is 7.92. The van der Waals surface area contributed by atoms with Crippen molar-refractivity contribution in [2.24, 2.45) is 0 Å². The van der Waals surface area contributed by atoms with Gasteiger partial charge < -0.3 is 10.1 Å². The summed E-state index contributed by atoms with van der Waals surface area (Å²) in [6.45, 7) is 2.64. The fraction of sp³-hybridized carbons (Fsp3) is 0.136. The molecule has 156 valence electrons. The average molecular weight is 445 g/mol. The lowest BCUT2D eigenvalue weighted by molar-refractivity contribution is 0.102. The minimum absolute atomic E-state index is 0.0536. The van der Waals surface area contributed by atoms with Gasteiger partial charge in [-0.3, -0.25) is 9.52 Å². The number of hydrogen-bond donors (Lipinski definition) is 2. The topological polar surface area (TPSA) is 84.5 Å². The third kappa shape index (κ3) is 5.52. The van der Waals surface area contributed by atoms with E-state index >= 15 is 0 Å². The van der Waals surface area contributed by atoms with Crippen molar-refractivity contribution >= 4 is 38.9 Å². The molecule has 30 heavy (non-hydrogen) atoms. The van der Waals surface area contributed by atoms with Gasteiger partial charge in [-0.05, 0) is 67.1 Å². The predicted molar refractivity (Wildman–Crippen MR) is 119 cm³/mol. The van der Waals surface area contributed by atoms with E-state index in [1.54, 1.807) is 48.5 Å². The van der Waals surface area contributed by atoms with Crippen molar-refractivity contribution in [1.82, 2.24) is 0 Å². The van der Waals surface area contributed by atoms with Gasteiger partial charge in [-0.1, -0.05) is 30.7 Å². The lowest BCUT2D eigenvalue weighted by atomic mass is 10.2. The third-order valence-electron chi connectivity index (χ3n) is 4.13. The molecule has 3 aromatic rings. The molecule has 0 aliphatic carbocycles. The molecule has 8 heteroatoms. The van der Waals surface area contributed by atoms with Crippen LogP contribution in [0.1, 0.15) is 23.7 Å². The van der Waals surface area contributed by atoms with E-state index in [0.717, 1.165) is 6.42 Å². The molecule has 1 amide bonds. The first-order valence-corrected chi connectivity index (χ1v) is 11.2. The van der Waals surface area contributed by atoms with Crippen LogP contribution in [0.2, 0.25) is 5.02 Å². The first kappa shape index (κ1) is 21.7. The molecule has 0 saturated carbocycles. The molecule has 0 saturated heterocycles. The summed E-state index contributed by atoms with van der Waals surface area (Å²) in [5, 5.41) is 3.04. The molecule has 6 nitrogen and oxygen atoms in total. The molecule has 3 aromatic carbocycles. The number of halogens is 1. The van der Waals surface area contributed by atoms with Gasteiger partial charge >= 0.3 is 0 Å². The minimum Gasteiger partial charge on any atom is -0.494 e. The number of anilines is 2. The van der Waals surface area contributed by atoms with Crippen molar-refractivity contribution < 1.29 is 17.9 Å². The maximum atomic E-state index is 12.5. The van der Waals surface area contributed by atoms with E-state index in [9.17, 15) is 13.2 Å². The third-order valence-corrected chi connectivity index (χ3v) is 5.84. The van der Waals surface area contributed by atoms with Crippen LogP contribution in [0.3, 0.4) is 0 Å². The number of para-hydroxylation sites is 1. The number of hydrogen-bond acceptors (Lipinski definition) is 4. The van der Waals surface area contributed by atoms with Crippen LogP contribution in [0.25, 0.3) is 0 Å². The zero-order valence-corrected chi connectivity index (χ0v) is 17.8. The van der Waals surface area contributed by atoms with Gasteiger partial charge in [0.05, 0.1) is 22.2 Å². The second-order valence-corrected chi connectivity index (χ2v) is 8.53. The van der Waals surface area contributed by atoms with Crippen LogP contribution in [-0.4, -0.2) is 20.9 Å². The molecule has 0 unspecified atom stereocenters. The Kier molecular flexibility index (Phi) is 6.97. The van der Waals surface area contributed by atoms with Crippen LogP contribution in [0.4, 0.5) is 11.4 Å². The normalized spacial score (nSPS) is 11.0. The molecule has 0 heterocycles. The van der Waals surface area contributed by atoms with Crippen LogP contribution in [0.15, 0.2) is 77.7 Å². The van der Waals surface area contributed by atoms with Crippen LogP contribution in [0, 0.1) is 0 Å². The largest absolute Gasteiger partial charge is 0.494 e. The molecule has 0 aliphatic rings. The molecule has 0 atom stereocenters. The van der Waals surface area contributed by atoms with E-state index in [0.29, 0.717) is 34.3 Å². The quantitative estimate of drug-likeness (QED) is 0.501. The Balaban J connectivity index is 1.66. The fourth-order valence-corrected chi connectivity index (χ4v) is 3.91. The molecular weight excluding hydrogens is 424 g/mol. The second kappa shape index (κ2) is 9.65. The van der Waals surface area contributed by atoms with Gasteiger partial charge in [0.15, 0.2) is 0 Å². The number of rotatable bonds is 8. The first-order chi connectivity index (χ1) is 14.4. The number of sulfonamides is 1. The van der Waals surface area contributed by atoms with Crippen LogP contribution in [0.5, 0.6) is 5.75 Å². The van der Waals surface area contributed by atoms with E-state index in [1.807, 2.05) is 6.92 Å². The zero-order chi connectivity index (χ0) is 21.6. The zero-order valence-electron chi connectivity index (χ0n) is 16.3. The Morgan fingerprint density at radius 3 is 2.27 bits per heavy atom. The lowest BCUT2D eigenvalue weighted by Gasteiger charge is -2.11. The molecule has 0 fully saturated rings. The molecule has 0 spiro atoms. The van der Waals surface area contributed by atoms with E-state index in [4.69, 9.17) is 16.3 Å². The number of carbonyl (C=O) groups excluding carboxylic acids is 1. The second-order valence-electron chi connectivity index (χ2n) is 6.44. The molecular formula is C22H21ClN2O4S. The van der Waals surface area contributed by atoms with Crippen LogP contribution >= 0.6 is 11.6 Å². The number of ether oxygens (including phenoxy) is 1. The average Bonchev–Trinajstić information content (AvgIpc) is 2.74. The molecule has 0 bridgehead atoms. The maximum absolute atomic E-state index is 12.5. The molecule has 0 radical (unpaired) electrons. The lowest BCUT2D eigenvalue weighted by Crippen LogP contribution is -2.14. The summed E-state index contributed by atoms with van der Waals surface area (Å²) < 4.78 is 33.0. The van der Waals surface area contributed by atoms with Crippen LogP contribution < -0.4 is 14.8 Å². The highest BCUT2D eigenvalue weighted by Crippen LogP contribution is 2.24. The Hall–Kier alpha value is -3.03. The standard InChI is InChI=1S/C22H21ClN2O4S/c1-2-15-29-18-11-7-16(8-12-18)22(26)24-17-9-13-19(14-10-17)30(27,28)25-21-6-4-3-5-20(21)23/h3-14,25H,2,15H2,1H3,(H,24,26). The maximum Gasteiger partial charge on any atom is 0.261 e. The van der Waals surface area contributed by atoms with Crippen molar-refractivity contribution in [3.8, 4) is 5.75 Å². The summed E-state index contributed by atoms with van der Waals surface area (Å²) in [4.78, 5) is 12.5. The van der Waals surface area contributed by atoms with E-state index in [-0.39, 0.29) is 10.8 Å². The fourth-order valence-electron chi connectivity index (χ4n) is 2.59. The number of carbonyl (C=O) groups is 1. The SMILES string of the molecule is CCCOc1ccc(C(=O)Nc2ccc(S(=O)(=O)Nc3ccccc3Cl)cc2)cc1. The van der Waals surface area contributed by atoms with Crippen LogP contribution in [-0.2, 0) is 10.0 Å². The van der Waals surface area contributed by atoms with E-state index in [1.165, 1.54) is 24.3 Å². The van der Waals surface area contributed by atoms with Gasteiger partial charge in [-0.25, -0.2) is 8.42 Å². The number of amides is 1. The predicted octanol–water partition coefficient (Wildman–Crippen LogP) is 5.18. The summed E-state index contributed by atoms with van der Waals surface area (Å²) >= 11 is 6.01. The monoisotopic (exact) mass is 444 g/mol. The summed E-state index contributed by atoms with van der Waals surface area (Å²) in [6, 6.07) is 19.3. The van der Waals surface area contributed by atoms with Crippen molar-refractivity contribution in [1.29, 1.82) is 0 Å². The highest BCUT2D eigenvalue weighted by atomic mass is 35.5.